The Bertz CT molecular complexity index is 1000. The Morgan fingerprint density at radius 1 is 1.22 bits per heavy atom. The molecule has 1 N–H and O–H groups in total. The quantitative estimate of drug-likeness (QED) is 0.700. The maximum Gasteiger partial charge on any atom is 0.260 e. The molecule has 3 nitrogen and oxygen atoms in total. The summed E-state index contributed by atoms with van der Waals surface area (Å²) in [5.74, 6) is 0.526. The number of nitrogens with one attached hydrogen (secondary N) is 1. The Hall–Kier alpha value is -1.62. The lowest BCUT2D eigenvalue weighted by molar-refractivity contribution is 0.916. The molecule has 0 aliphatic heterocycles. The lowest BCUT2D eigenvalue weighted by atomic mass is 10.2. The van der Waals surface area contributed by atoms with E-state index in [9.17, 15) is 4.79 Å². The molecule has 2 aromatic heterocycles. The molecule has 23 heavy (non-hydrogen) atoms. The van der Waals surface area contributed by atoms with Crippen molar-refractivity contribution in [3.8, 4) is 0 Å². The van der Waals surface area contributed by atoms with Gasteiger partial charge in [0.05, 0.1) is 15.4 Å². The third kappa shape index (κ3) is 2.61. The number of aromatic amines is 1. The lowest BCUT2D eigenvalue weighted by Gasteiger charge is -2.00. The molecule has 0 radical (unpaired) electrons. The smallest absolute Gasteiger partial charge is 0.260 e. The van der Waals surface area contributed by atoms with Crippen molar-refractivity contribution in [3.05, 3.63) is 60.4 Å². The van der Waals surface area contributed by atoms with E-state index >= 15 is 0 Å². The predicted octanol–water partition coefficient (Wildman–Crippen LogP) is 4.95. The van der Waals surface area contributed by atoms with Crippen LogP contribution in [0.15, 0.2) is 23.0 Å². The minimum atomic E-state index is -0.0637. The zero-order chi connectivity index (χ0) is 16.0. The number of aryl methyl sites for hydroxylation is 2. The molecule has 0 amide bonds. The van der Waals surface area contributed by atoms with Crippen LogP contribution >= 0.6 is 34.5 Å². The Balaban J connectivity index is 1.77. The first-order chi connectivity index (χ1) is 11.1. The number of rotatable bonds is 2. The van der Waals surface area contributed by atoms with Crippen molar-refractivity contribution >= 4 is 56.9 Å². The topological polar surface area (TPSA) is 45.8 Å². The van der Waals surface area contributed by atoms with Crippen LogP contribution in [0.1, 0.15) is 28.2 Å². The predicted molar refractivity (Wildman–Crippen MR) is 97.7 cm³/mol. The summed E-state index contributed by atoms with van der Waals surface area (Å²) in [4.78, 5) is 21.9. The fourth-order valence-corrected chi connectivity index (χ4v) is 4.56. The molecule has 1 aliphatic rings. The van der Waals surface area contributed by atoms with E-state index in [1.165, 1.54) is 10.4 Å². The Morgan fingerprint density at radius 3 is 2.96 bits per heavy atom. The van der Waals surface area contributed by atoms with Gasteiger partial charge in [-0.05, 0) is 48.6 Å². The minimum Gasteiger partial charge on any atom is -0.306 e. The van der Waals surface area contributed by atoms with E-state index in [0.717, 1.165) is 35.0 Å². The number of aromatic nitrogens is 2. The van der Waals surface area contributed by atoms with Gasteiger partial charge >= 0.3 is 0 Å². The normalized spacial score (nSPS) is 14.0. The number of fused-ring (bicyclic) bond motifs is 3. The summed E-state index contributed by atoms with van der Waals surface area (Å²) in [5, 5.41) is 1.75. The molecule has 1 aromatic carbocycles. The number of H-pyrrole nitrogens is 1. The Labute approximate surface area is 146 Å². The van der Waals surface area contributed by atoms with Gasteiger partial charge in [0.25, 0.3) is 5.56 Å². The van der Waals surface area contributed by atoms with Crippen LogP contribution in [0, 0.1) is 0 Å². The van der Waals surface area contributed by atoms with E-state index in [1.54, 1.807) is 29.6 Å². The highest BCUT2D eigenvalue weighted by atomic mass is 35.5. The number of nitrogens with zero attached hydrogens (tertiary/aromatic N) is 1. The number of halogens is 2. The molecule has 3 aromatic rings. The van der Waals surface area contributed by atoms with Gasteiger partial charge in [-0.1, -0.05) is 35.3 Å². The molecular weight excluding hydrogens is 351 g/mol. The number of hydrogen-bond acceptors (Lipinski definition) is 3. The van der Waals surface area contributed by atoms with E-state index in [-0.39, 0.29) is 5.56 Å². The number of thiophene rings is 1. The third-order valence-corrected chi connectivity index (χ3v) is 6.01. The van der Waals surface area contributed by atoms with E-state index in [0.29, 0.717) is 15.9 Å². The van der Waals surface area contributed by atoms with Gasteiger partial charge < -0.3 is 4.98 Å². The van der Waals surface area contributed by atoms with Crippen molar-refractivity contribution in [3.63, 3.8) is 0 Å². The first-order valence-electron chi connectivity index (χ1n) is 7.30. The molecule has 0 atom stereocenters. The summed E-state index contributed by atoms with van der Waals surface area (Å²) in [6, 6.07) is 5.43. The SMILES string of the molecule is O=c1[nH]c(/C=C/c2cccc(Cl)c2Cl)nc2sc3c(c12)CCC3. The van der Waals surface area contributed by atoms with Crippen LogP contribution in [0.3, 0.4) is 0 Å². The standard InChI is InChI=1S/C17H12Cl2N2OS/c18-11-5-1-3-9(15(11)19)7-8-13-20-16(22)14-10-4-2-6-12(10)23-17(14)21-13/h1,3,5,7-8H,2,4,6H2,(H,20,21,22)/b8-7+. The lowest BCUT2D eigenvalue weighted by Crippen LogP contribution is -2.09. The molecule has 2 heterocycles. The molecular formula is C17H12Cl2N2OS. The summed E-state index contributed by atoms with van der Waals surface area (Å²) in [6.07, 6.45) is 6.72. The Morgan fingerprint density at radius 2 is 2.09 bits per heavy atom. The fraction of sp³-hybridized carbons (Fsp3) is 0.176. The average molecular weight is 363 g/mol. The van der Waals surface area contributed by atoms with Gasteiger partial charge in [0, 0.05) is 4.88 Å². The van der Waals surface area contributed by atoms with Crippen LogP contribution < -0.4 is 5.56 Å². The van der Waals surface area contributed by atoms with Crippen molar-refractivity contribution in [2.24, 2.45) is 0 Å². The Kier molecular flexibility index (Phi) is 3.76. The second-order valence-electron chi connectivity index (χ2n) is 5.47. The molecule has 1 aliphatic carbocycles. The van der Waals surface area contributed by atoms with E-state index in [1.807, 2.05) is 12.1 Å². The van der Waals surface area contributed by atoms with Gasteiger partial charge in [0.1, 0.15) is 10.7 Å². The monoisotopic (exact) mass is 362 g/mol. The van der Waals surface area contributed by atoms with Gasteiger partial charge in [0.2, 0.25) is 0 Å². The van der Waals surface area contributed by atoms with Gasteiger partial charge in [-0.3, -0.25) is 4.79 Å². The van der Waals surface area contributed by atoms with E-state index in [4.69, 9.17) is 23.2 Å². The van der Waals surface area contributed by atoms with Crippen molar-refractivity contribution in [2.75, 3.05) is 0 Å². The van der Waals surface area contributed by atoms with E-state index in [2.05, 4.69) is 9.97 Å². The summed E-state index contributed by atoms with van der Waals surface area (Å²) < 4.78 is 0. The zero-order valence-corrected chi connectivity index (χ0v) is 14.4. The molecule has 0 fully saturated rings. The van der Waals surface area contributed by atoms with Crippen LogP contribution in [-0.2, 0) is 12.8 Å². The molecule has 4 rings (SSSR count). The molecule has 0 spiro atoms. The maximum absolute atomic E-state index is 12.4. The summed E-state index contributed by atoms with van der Waals surface area (Å²) in [5.41, 5.74) is 1.91. The van der Waals surface area contributed by atoms with Crippen molar-refractivity contribution < 1.29 is 0 Å². The van der Waals surface area contributed by atoms with Crippen molar-refractivity contribution in [1.29, 1.82) is 0 Å². The summed E-state index contributed by atoms with van der Waals surface area (Å²) in [7, 11) is 0. The van der Waals surface area contributed by atoms with Gasteiger partial charge in [-0.2, -0.15) is 0 Å². The first-order valence-corrected chi connectivity index (χ1v) is 8.87. The van der Waals surface area contributed by atoms with Crippen LogP contribution in [0.5, 0.6) is 0 Å². The first kappa shape index (κ1) is 14.9. The van der Waals surface area contributed by atoms with Gasteiger partial charge in [0.15, 0.2) is 0 Å². The van der Waals surface area contributed by atoms with Gasteiger partial charge in [-0.15, -0.1) is 11.3 Å². The second kappa shape index (κ2) is 5.78. The molecule has 0 saturated carbocycles. The minimum absolute atomic E-state index is 0.0637. The van der Waals surface area contributed by atoms with Gasteiger partial charge in [-0.25, -0.2) is 4.98 Å². The zero-order valence-electron chi connectivity index (χ0n) is 12.0. The van der Waals surface area contributed by atoms with Crippen molar-refractivity contribution in [1.82, 2.24) is 9.97 Å². The fourth-order valence-electron chi connectivity index (χ4n) is 2.92. The molecule has 116 valence electrons. The molecule has 0 bridgehead atoms. The van der Waals surface area contributed by atoms with E-state index < -0.39 is 0 Å². The van der Waals surface area contributed by atoms with Crippen LogP contribution in [0.25, 0.3) is 22.4 Å². The largest absolute Gasteiger partial charge is 0.306 e. The number of benzene rings is 1. The van der Waals surface area contributed by atoms with Crippen LogP contribution in [-0.4, -0.2) is 9.97 Å². The highest BCUT2D eigenvalue weighted by molar-refractivity contribution is 7.18. The molecule has 0 unspecified atom stereocenters. The second-order valence-corrected chi connectivity index (χ2v) is 7.33. The highest BCUT2D eigenvalue weighted by Gasteiger charge is 2.20. The summed E-state index contributed by atoms with van der Waals surface area (Å²) >= 11 is 13.8. The molecule has 0 saturated heterocycles. The maximum atomic E-state index is 12.4. The highest BCUT2D eigenvalue weighted by Crippen LogP contribution is 2.34. The van der Waals surface area contributed by atoms with Crippen LogP contribution in [0.2, 0.25) is 10.0 Å². The third-order valence-electron chi connectivity index (χ3n) is 4.00. The number of hydrogen-bond donors (Lipinski definition) is 1. The summed E-state index contributed by atoms with van der Waals surface area (Å²) in [6.45, 7) is 0. The molecule has 6 heteroatoms. The van der Waals surface area contributed by atoms with Crippen molar-refractivity contribution in [2.45, 2.75) is 19.3 Å². The van der Waals surface area contributed by atoms with Crippen LogP contribution in [0.4, 0.5) is 0 Å². The average Bonchev–Trinajstić information content (AvgIpc) is 3.09.